The fraction of sp³-hybridized carbons (Fsp3) is 0.261. The van der Waals surface area contributed by atoms with Crippen molar-refractivity contribution in [2.75, 3.05) is 6.54 Å². The molecule has 0 bridgehead atoms. The summed E-state index contributed by atoms with van der Waals surface area (Å²) in [7, 11) is 0. The maximum Gasteiger partial charge on any atom is 0.400 e. The monoisotopic (exact) mass is 617 g/mol. The topological polar surface area (TPSA) is 54.4 Å². The van der Waals surface area contributed by atoms with Crippen molar-refractivity contribution in [2.24, 2.45) is 4.99 Å². The second-order valence-corrected chi connectivity index (χ2v) is 10.4. The van der Waals surface area contributed by atoms with Gasteiger partial charge >= 0.3 is 6.18 Å². The number of rotatable bonds is 5. The van der Waals surface area contributed by atoms with Crippen LogP contribution < -0.4 is 5.32 Å². The standard InChI is InChI=1S/C23H17Br2F4N3OS/c1-12-4-13(2-3-16(12)21(33)30-8-15-9-34-11-32-15)19-7-22(10-31-19,23(27,28)29)14-5-17(24)20(26)18(25)6-14/h2-6,9,11H,7-8,10H2,1H3,(H,30,33). The first-order valence-electron chi connectivity index (χ1n) is 10.0. The first-order valence-corrected chi connectivity index (χ1v) is 12.6. The van der Waals surface area contributed by atoms with Crippen LogP contribution in [-0.4, -0.2) is 29.3 Å². The number of benzene rings is 2. The molecule has 2 heterocycles. The Balaban J connectivity index is 1.58. The average Bonchev–Trinajstić information content (AvgIpc) is 3.46. The highest BCUT2D eigenvalue weighted by Gasteiger charge is 2.58. The summed E-state index contributed by atoms with van der Waals surface area (Å²) in [5, 5.41) is 4.62. The van der Waals surface area contributed by atoms with Crippen molar-refractivity contribution in [2.45, 2.75) is 31.5 Å². The minimum absolute atomic E-state index is 0.0576. The van der Waals surface area contributed by atoms with Gasteiger partial charge in [-0.1, -0.05) is 6.07 Å². The number of aliphatic imine (C=N–C) groups is 1. The van der Waals surface area contributed by atoms with E-state index in [1.54, 1.807) is 30.6 Å². The fourth-order valence-corrected chi connectivity index (χ4v) is 5.63. The molecule has 1 unspecified atom stereocenters. The Morgan fingerprint density at radius 3 is 2.50 bits per heavy atom. The highest BCUT2D eigenvalue weighted by molar-refractivity contribution is 9.11. The normalized spacial score (nSPS) is 18.1. The smallest absolute Gasteiger partial charge is 0.346 e. The van der Waals surface area contributed by atoms with Gasteiger partial charge in [0.15, 0.2) is 5.82 Å². The highest BCUT2D eigenvalue weighted by atomic mass is 79.9. The van der Waals surface area contributed by atoms with Gasteiger partial charge in [0, 0.05) is 23.1 Å². The molecule has 0 saturated heterocycles. The molecule has 1 N–H and O–H groups in total. The van der Waals surface area contributed by atoms with Crippen molar-refractivity contribution in [3.8, 4) is 0 Å². The Bertz CT molecular complexity index is 1250. The van der Waals surface area contributed by atoms with Crippen molar-refractivity contribution in [1.82, 2.24) is 10.3 Å². The van der Waals surface area contributed by atoms with Crippen LogP contribution in [0.1, 0.15) is 39.2 Å². The molecule has 0 fully saturated rings. The SMILES string of the molecule is Cc1cc(C2=NCC(c3cc(Br)c(F)c(Br)c3)(C(F)(F)F)C2)ccc1C(=O)NCc1cscn1. The maximum atomic E-state index is 14.4. The van der Waals surface area contributed by atoms with Crippen molar-refractivity contribution in [1.29, 1.82) is 0 Å². The van der Waals surface area contributed by atoms with Gasteiger partial charge in [-0.2, -0.15) is 13.2 Å². The number of aryl methyl sites for hydroxylation is 1. The molecule has 1 aromatic heterocycles. The van der Waals surface area contributed by atoms with Gasteiger partial charge in [-0.15, -0.1) is 11.3 Å². The zero-order valence-electron chi connectivity index (χ0n) is 17.6. The lowest BCUT2D eigenvalue weighted by Crippen LogP contribution is -2.43. The van der Waals surface area contributed by atoms with Gasteiger partial charge in [0.1, 0.15) is 5.41 Å². The van der Waals surface area contributed by atoms with Gasteiger partial charge < -0.3 is 5.32 Å². The van der Waals surface area contributed by atoms with Crippen LogP contribution in [0.2, 0.25) is 0 Å². The number of amides is 1. The second-order valence-electron chi connectivity index (χ2n) is 7.97. The zero-order valence-corrected chi connectivity index (χ0v) is 21.6. The summed E-state index contributed by atoms with van der Waals surface area (Å²) < 4.78 is 56.9. The van der Waals surface area contributed by atoms with E-state index >= 15 is 0 Å². The summed E-state index contributed by atoms with van der Waals surface area (Å²) in [5.41, 5.74) is 1.90. The van der Waals surface area contributed by atoms with Crippen LogP contribution in [0.25, 0.3) is 0 Å². The molecule has 1 atom stereocenters. The van der Waals surface area contributed by atoms with Gasteiger partial charge in [-0.25, -0.2) is 9.37 Å². The number of aromatic nitrogens is 1. The first-order chi connectivity index (χ1) is 16.0. The number of carbonyl (C=O) groups excluding carboxylic acids is 1. The number of halogens is 6. The largest absolute Gasteiger partial charge is 0.400 e. The van der Waals surface area contributed by atoms with Crippen molar-refractivity contribution >= 4 is 54.8 Å². The lowest BCUT2D eigenvalue weighted by molar-refractivity contribution is -0.183. The molecular weight excluding hydrogens is 602 g/mol. The van der Waals surface area contributed by atoms with Crippen LogP contribution in [0.3, 0.4) is 0 Å². The van der Waals surface area contributed by atoms with E-state index in [1.165, 1.54) is 11.3 Å². The zero-order chi connectivity index (χ0) is 24.7. The summed E-state index contributed by atoms with van der Waals surface area (Å²) in [4.78, 5) is 20.9. The lowest BCUT2D eigenvalue weighted by atomic mass is 9.76. The van der Waals surface area contributed by atoms with Crippen LogP contribution >= 0.6 is 43.2 Å². The van der Waals surface area contributed by atoms with Crippen molar-refractivity contribution in [3.63, 3.8) is 0 Å². The Kier molecular flexibility index (Phi) is 6.99. The number of hydrogen-bond acceptors (Lipinski definition) is 4. The van der Waals surface area contributed by atoms with Crippen LogP contribution in [0, 0.1) is 12.7 Å². The summed E-state index contributed by atoms with van der Waals surface area (Å²) in [5.74, 6) is -0.962. The number of nitrogens with one attached hydrogen (secondary N) is 1. The molecule has 2 aromatic carbocycles. The van der Waals surface area contributed by atoms with Gasteiger partial charge in [0.2, 0.25) is 0 Å². The molecule has 0 radical (unpaired) electrons. The molecule has 4 nitrogen and oxygen atoms in total. The third-order valence-electron chi connectivity index (χ3n) is 5.81. The quantitative estimate of drug-likeness (QED) is 0.254. The molecule has 3 aromatic rings. The number of hydrogen-bond donors (Lipinski definition) is 1. The summed E-state index contributed by atoms with van der Waals surface area (Å²) >= 11 is 7.43. The second kappa shape index (κ2) is 9.50. The third-order valence-corrected chi connectivity index (χ3v) is 7.60. The van der Waals surface area contributed by atoms with Gasteiger partial charge in [0.25, 0.3) is 5.91 Å². The van der Waals surface area contributed by atoms with E-state index in [9.17, 15) is 22.4 Å². The van der Waals surface area contributed by atoms with E-state index in [2.05, 4.69) is 47.2 Å². The Morgan fingerprint density at radius 2 is 1.91 bits per heavy atom. The number of nitrogens with zero attached hydrogens (tertiary/aromatic N) is 2. The van der Waals surface area contributed by atoms with Crippen LogP contribution in [0.15, 0.2) is 55.2 Å². The Labute approximate surface area is 213 Å². The van der Waals surface area contributed by atoms with Crippen LogP contribution in [-0.2, 0) is 12.0 Å². The molecule has 1 aliphatic rings. The van der Waals surface area contributed by atoms with Gasteiger partial charge in [0.05, 0.1) is 33.2 Å². The number of carbonyl (C=O) groups is 1. The molecule has 0 spiro atoms. The predicted molar refractivity (Wildman–Crippen MR) is 130 cm³/mol. The molecule has 11 heteroatoms. The summed E-state index contributed by atoms with van der Waals surface area (Å²) in [6.45, 7) is 1.50. The third kappa shape index (κ3) is 4.70. The lowest BCUT2D eigenvalue weighted by Gasteiger charge is -2.32. The average molecular weight is 619 g/mol. The molecule has 0 aliphatic carbocycles. The highest BCUT2D eigenvalue weighted by Crippen LogP contribution is 2.49. The van der Waals surface area contributed by atoms with Crippen LogP contribution in [0.4, 0.5) is 17.6 Å². The van der Waals surface area contributed by atoms with E-state index in [0.29, 0.717) is 16.7 Å². The number of thiazole rings is 1. The van der Waals surface area contributed by atoms with E-state index in [0.717, 1.165) is 17.8 Å². The molecule has 4 rings (SSSR count). The van der Waals surface area contributed by atoms with Crippen molar-refractivity contribution < 1.29 is 22.4 Å². The molecule has 0 saturated carbocycles. The molecule has 34 heavy (non-hydrogen) atoms. The van der Waals surface area contributed by atoms with Crippen molar-refractivity contribution in [3.05, 3.63) is 83.9 Å². The molecular formula is C23H17Br2F4N3OS. The summed E-state index contributed by atoms with van der Waals surface area (Å²) in [6.07, 6.45) is -5.00. The van der Waals surface area contributed by atoms with E-state index in [4.69, 9.17) is 0 Å². The van der Waals surface area contributed by atoms with E-state index < -0.39 is 30.4 Å². The van der Waals surface area contributed by atoms with Gasteiger partial charge in [-0.05, 0) is 79.7 Å². The Morgan fingerprint density at radius 1 is 1.21 bits per heavy atom. The van der Waals surface area contributed by atoms with Crippen LogP contribution in [0.5, 0.6) is 0 Å². The minimum atomic E-state index is -4.61. The molecule has 1 aliphatic heterocycles. The van der Waals surface area contributed by atoms with E-state index in [1.807, 2.05) is 5.38 Å². The predicted octanol–water partition coefficient (Wildman–Crippen LogP) is 6.74. The first kappa shape index (κ1) is 25.0. The van der Waals surface area contributed by atoms with Gasteiger partial charge in [-0.3, -0.25) is 9.79 Å². The minimum Gasteiger partial charge on any atom is -0.346 e. The molecule has 1 amide bonds. The van der Waals surface area contributed by atoms with E-state index in [-0.39, 0.29) is 32.7 Å². The molecule has 178 valence electrons. The number of alkyl halides is 3. The summed E-state index contributed by atoms with van der Waals surface area (Å²) in [6, 6.07) is 7.18. The maximum absolute atomic E-state index is 14.4. The fourth-order valence-electron chi connectivity index (χ4n) is 3.89. The Hall–Kier alpha value is -2.11.